The van der Waals surface area contributed by atoms with Gasteiger partial charge in [0.15, 0.2) is 4.21 Å². The number of likely N-dealkylation sites (N-methyl/N-ethyl adjacent to an activating group) is 1. The highest BCUT2D eigenvalue weighted by Gasteiger charge is 2.29. The average molecular weight is 331 g/mol. The van der Waals surface area contributed by atoms with Gasteiger partial charge in [0.05, 0.1) is 7.11 Å². The normalized spacial score (nSPS) is 13.6. The Hall–Kier alpha value is -0.890. The summed E-state index contributed by atoms with van der Waals surface area (Å²) < 4.78 is 32.0. The van der Waals surface area contributed by atoms with Crippen molar-refractivity contribution in [3.8, 4) is 5.75 Å². The Morgan fingerprint density at radius 1 is 1.35 bits per heavy atom. The lowest BCUT2D eigenvalue weighted by atomic mass is 10.1. The third-order valence-electron chi connectivity index (χ3n) is 3.16. The number of thiophene rings is 2. The first-order chi connectivity index (χ1) is 9.46. The fraction of sp³-hybridized carbons (Fsp3) is 0.385. The van der Waals surface area contributed by atoms with Crippen molar-refractivity contribution in [2.45, 2.75) is 23.6 Å². The van der Waals surface area contributed by atoms with Crippen molar-refractivity contribution in [2.75, 3.05) is 14.2 Å². The molecule has 0 aliphatic rings. The van der Waals surface area contributed by atoms with E-state index in [-0.39, 0.29) is 10.3 Å². The summed E-state index contributed by atoms with van der Waals surface area (Å²) in [5.74, 6) is 0.407. The van der Waals surface area contributed by atoms with Crippen LogP contribution in [0.2, 0.25) is 0 Å². The lowest BCUT2D eigenvalue weighted by molar-refractivity contribution is 0.379. The SMILES string of the molecule is COc1ccsc1S(=O)(=O)N(C)C(C)Cc1ccsc1. The summed E-state index contributed by atoms with van der Waals surface area (Å²) in [4.78, 5) is 0. The lowest BCUT2D eigenvalue weighted by Gasteiger charge is -2.23. The van der Waals surface area contributed by atoms with E-state index in [2.05, 4.69) is 0 Å². The van der Waals surface area contributed by atoms with Gasteiger partial charge in [-0.25, -0.2) is 8.42 Å². The van der Waals surface area contributed by atoms with Gasteiger partial charge < -0.3 is 4.74 Å². The molecule has 0 amide bonds. The van der Waals surface area contributed by atoms with Gasteiger partial charge in [-0.2, -0.15) is 15.6 Å². The molecule has 7 heteroatoms. The number of rotatable bonds is 6. The summed E-state index contributed by atoms with van der Waals surface area (Å²) in [6.07, 6.45) is 0.701. The van der Waals surface area contributed by atoms with Crippen LogP contribution in [-0.2, 0) is 16.4 Å². The van der Waals surface area contributed by atoms with Crippen LogP contribution < -0.4 is 4.74 Å². The summed E-state index contributed by atoms with van der Waals surface area (Å²) >= 11 is 2.80. The molecule has 1 atom stereocenters. The van der Waals surface area contributed by atoms with Gasteiger partial charge in [-0.1, -0.05) is 0 Å². The molecule has 0 spiro atoms. The van der Waals surface area contributed by atoms with E-state index < -0.39 is 10.0 Å². The van der Waals surface area contributed by atoms with E-state index in [9.17, 15) is 8.42 Å². The molecule has 0 saturated heterocycles. The van der Waals surface area contributed by atoms with E-state index in [0.29, 0.717) is 12.2 Å². The number of nitrogens with zero attached hydrogens (tertiary/aromatic N) is 1. The van der Waals surface area contributed by atoms with E-state index in [1.807, 2.05) is 23.8 Å². The summed E-state index contributed by atoms with van der Waals surface area (Å²) in [6.45, 7) is 1.91. The number of sulfonamides is 1. The van der Waals surface area contributed by atoms with Gasteiger partial charge in [-0.05, 0) is 47.2 Å². The van der Waals surface area contributed by atoms with E-state index in [4.69, 9.17) is 4.74 Å². The summed E-state index contributed by atoms with van der Waals surface area (Å²) in [5, 5.41) is 5.77. The topological polar surface area (TPSA) is 46.6 Å². The Balaban J connectivity index is 2.20. The molecule has 20 heavy (non-hydrogen) atoms. The Kier molecular flexibility index (Phi) is 4.85. The summed E-state index contributed by atoms with van der Waals surface area (Å²) in [7, 11) is -0.412. The van der Waals surface area contributed by atoms with Gasteiger partial charge in [-0.15, -0.1) is 11.3 Å². The van der Waals surface area contributed by atoms with E-state index in [1.54, 1.807) is 29.8 Å². The van der Waals surface area contributed by atoms with Crippen molar-refractivity contribution in [1.29, 1.82) is 0 Å². The van der Waals surface area contributed by atoms with Crippen molar-refractivity contribution in [3.05, 3.63) is 33.8 Å². The monoisotopic (exact) mass is 331 g/mol. The molecular formula is C13H17NO3S3. The van der Waals surface area contributed by atoms with E-state index >= 15 is 0 Å². The standard InChI is InChI=1S/C13H17NO3S3/c1-10(8-11-4-6-18-9-11)14(2)20(15,16)13-12(17-3)5-7-19-13/h4-7,9-10H,8H2,1-3H3. The van der Waals surface area contributed by atoms with Crippen molar-refractivity contribution in [3.63, 3.8) is 0 Å². The van der Waals surface area contributed by atoms with Crippen LogP contribution in [0.4, 0.5) is 0 Å². The van der Waals surface area contributed by atoms with Crippen LogP contribution in [0, 0.1) is 0 Å². The molecule has 110 valence electrons. The van der Waals surface area contributed by atoms with Gasteiger partial charge in [0.25, 0.3) is 10.0 Å². The minimum atomic E-state index is -3.51. The minimum Gasteiger partial charge on any atom is -0.494 e. The second-order valence-electron chi connectivity index (χ2n) is 4.48. The van der Waals surface area contributed by atoms with Crippen molar-refractivity contribution in [2.24, 2.45) is 0 Å². The average Bonchev–Trinajstić information content (AvgIpc) is 3.08. The van der Waals surface area contributed by atoms with Crippen LogP contribution in [-0.4, -0.2) is 32.9 Å². The first-order valence-electron chi connectivity index (χ1n) is 6.07. The summed E-state index contributed by atoms with van der Waals surface area (Å²) in [6, 6.07) is 3.59. The zero-order valence-corrected chi connectivity index (χ0v) is 14.0. The molecule has 1 unspecified atom stereocenters. The quantitative estimate of drug-likeness (QED) is 0.817. The zero-order valence-electron chi connectivity index (χ0n) is 11.6. The van der Waals surface area contributed by atoms with Crippen molar-refractivity contribution < 1.29 is 13.2 Å². The fourth-order valence-electron chi connectivity index (χ4n) is 1.87. The largest absolute Gasteiger partial charge is 0.494 e. The molecule has 2 aromatic heterocycles. The van der Waals surface area contributed by atoms with Crippen LogP contribution in [0.25, 0.3) is 0 Å². The third kappa shape index (κ3) is 3.06. The van der Waals surface area contributed by atoms with Gasteiger partial charge in [0.2, 0.25) is 0 Å². The molecule has 0 aromatic carbocycles. The molecule has 4 nitrogen and oxygen atoms in total. The Morgan fingerprint density at radius 2 is 2.10 bits per heavy atom. The van der Waals surface area contributed by atoms with Gasteiger partial charge in [0, 0.05) is 13.1 Å². The molecule has 2 aromatic rings. The molecule has 0 saturated carbocycles. The molecule has 0 aliphatic heterocycles. The molecule has 0 N–H and O–H groups in total. The number of hydrogen-bond acceptors (Lipinski definition) is 5. The van der Waals surface area contributed by atoms with Crippen LogP contribution in [0.1, 0.15) is 12.5 Å². The highest BCUT2D eigenvalue weighted by molar-refractivity contribution is 7.91. The van der Waals surface area contributed by atoms with Crippen LogP contribution >= 0.6 is 22.7 Å². The van der Waals surface area contributed by atoms with E-state index in [0.717, 1.165) is 5.56 Å². The van der Waals surface area contributed by atoms with E-state index in [1.165, 1.54) is 22.8 Å². The van der Waals surface area contributed by atoms with Crippen molar-refractivity contribution >= 4 is 32.7 Å². The van der Waals surface area contributed by atoms with Crippen LogP contribution in [0.5, 0.6) is 5.75 Å². The second kappa shape index (κ2) is 6.26. The van der Waals surface area contributed by atoms with Crippen molar-refractivity contribution in [1.82, 2.24) is 4.31 Å². The molecule has 2 heterocycles. The first-order valence-corrected chi connectivity index (χ1v) is 9.33. The fourth-order valence-corrected chi connectivity index (χ4v) is 5.35. The summed E-state index contributed by atoms with van der Waals surface area (Å²) in [5.41, 5.74) is 1.16. The molecule has 2 rings (SSSR count). The maximum Gasteiger partial charge on any atom is 0.256 e. The van der Waals surface area contributed by atoms with Gasteiger partial charge in [-0.3, -0.25) is 0 Å². The number of hydrogen-bond donors (Lipinski definition) is 0. The maximum absolute atomic E-state index is 12.6. The lowest BCUT2D eigenvalue weighted by Crippen LogP contribution is -2.36. The molecular weight excluding hydrogens is 314 g/mol. The Morgan fingerprint density at radius 3 is 2.70 bits per heavy atom. The first kappa shape index (κ1) is 15.5. The highest BCUT2D eigenvalue weighted by atomic mass is 32.2. The minimum absolute atomic E-state index is 0.110. The zero-order chi connectivity index (χ0) is 14.8. The predicted octanol–water partition coefficient (Wildman–Crippen LogP) is 3.07. The molecule has 0 fully saturated rings. The van der Waals surface area contributed by atoms with Crippen LogP contribution in [0.3, 0.4) is 0 Å². The number of ether oxygens (including phenoxy) is 1. The maximum atomic E-state index is 12.6. The Labute approximate surface area is 127 Å². The number of methoxy groups -OCH3 is 1. The Bertz CT molecular complexity index is 646. The predicted molar refractivity (Wildman–Crippen MR) is 83.3 cm³/mol. The molecule has 0 aliphatic carbocycles. The van der Waals surface area contributed by atoms with Crippen LogP contribution in [0.15, 0.2) is 32.5 Å². The smallest absolute Gasteiger partial charge is 0.256 e. The third-order valence-corrected chi connectivity index (χ3v) is 7.29. The van der Waals surface area contributed by atoms with Gasteiger partial charge >= 0.3 is 0 Å². The molecule has 0 radical (unpaired) electrons. The highest BCUT2D eigenvalue weighted by Crippen LogP contribution is 2.32. The second-order valence-corrected chi connectivity index (χ2v) is 8.37. The van der Waals surface area contributed by atoms with Gasteiger partial charge in [0.1, 0.15) is 5.75 Å². The molecule has 0 bridgehead atoms.